The molecule has 0 atom stereocenters. The molecule has 12 heavy (non-hydrogen) atoms. The van der Waals surface area contributed by atoms with Crippen molar-refractivity contribution in [3.63, 3.8) is 0 Å². The van der Waals surface area contributed by atoms with E-state index in [2.05, 4.69) is 0 Å². The molecule has 0 aliphatic rings. The predicted octanol–water partition coefficient (Wildman–Crippen LogP) is 2.00. The van der Waals surface area contributed by atoms with Crippen molar-refractivity contribution in [1.82, 2.24) is 0 Å². The van der Waals surface area contributed by atoms with Crippen LogP contribution in [-0.2, 0) is 0 Å². The van der Waals surface area contributed by atoms with Crippen molar-refractivity contribution in [2.45, 2.75) is 0 Å². The summed E-state index contributed by atoms with van der Waals surface area (Å²) < 4.78 is 4.92. The highest BCUT2D eigenvalue weighted by Gasteiger charge is 1.96. The van der Waals surface area contributed by atoms with Gasteiger partial charge in [0.1, 0.15) is 0 Å². The Hall–Kier alpha value is -1.36. The second kappa shape index (κ2) is 3.87. The lowest BCUT2D eigenvalue weighted by Gasteiger charge is -1.87. The van der Waals surface area contributed by atoms with Crippen LogP contribution >= 0.6 is 11.3 Å². The van der Waals surface area contributed by atoms with Crippen molar-refractivity contribution in [2.75, 3.05) is 7.11 Å². The molecule has 0 radical (unpaired) electrons. The zero-order chi connectivity index (χ0) is 8.97. The van der Waals surface area contributed by atoms with Crippen LogP contribution in [0.25, 0.3) is 6.08 Å². The van der Waals surface area contributed by atoms with Gasteiger partial charge in [-0.2, -0.15) is 0 Å². The second-order valence-electron chi connectivity index (χ2n) is 1.96. The lowest BCUT2D eigenvalue weighted by Crippen LogP contribution is -1.80. The molecule has 0 saturated carbocycles. The summed E-state index contributed by atoms with van der Waals surface area (Å²) in [6, 6.07) is 3.54. The summed E-state index contributed by atoms with van der Waals surface area (Å²) in [4.78, 5) is 10.3. The topological polar surface area (TPSA) is 52.4 Å². The van der Waals surface area contributed by atoms with E-state index in [-0.39, 0.29) is 0 Å². The number of hydrogen-bond acceptors (Lipinski definition) is 4. The second-order valence-corrected chi connectivity index (χ2v) is 3.04. The molecule has 0 spiro atoms. The smallest absolute Gasteiger partial charge is 0.235 e. The SMILES string of the molecule is COc1ccc(C=C[N+](=O)[O-])s1. The van der Waals surface area contributed by atoms with E-state index in [1.165, 1.54) is 17.4 Å². The molecule has 0 bridgehead atoms. The molecule has 1 rings (SSSR count). The Morgan fingerprint density at radius 1 is 1.67 bits per heavy atom. The lowest BCUT2D eigenvalue weighted by atomic mass is 10.4. The predicted molar refractivity (Wildman–Crippen MR) is 46.9 cm³/mol. The van der Waals surface area contributed by atoms with E-state index >= 15 is 0 Å². The molecule has 5 heteroatoms. The van der Waals surface area contributed by atoms with Gasteiger partial charge in [-0.05, 0) is 12.1 Å². The number of ether oxygens (including phenoxy) is 1. The highest BCUT2D eigenvalue weighted by molar-refractivity contribution is 7.14. The summed E-state index contributed by atoms with van der Waals surface area (Å²) in [5, 5.41) is 10.7. The van der Waals surface area contributed by atoms with Crippen molar-refractivity contribution < 1.29 is 9.66 Å². The normalized spacial score (nSPS) is 10.4. The molecule has 0 aliphatic carbocycles. The van der Waals surface area contributed by atoms with Crippen LogP contribution in [0.1, 0.15) is 4.88 Å². The van der Waals surface area contributed by atoms with Crippen LogP contribution < -0.4 is 4.74 Å². The highest BCUT2D eigenvalue weighted by Crippen LogP contribution is 2.24. The summed E-state index contributed by atoms with van der Waals surface area (Å²) >= 11 is 1.36. The molecule has 0 unspecified atom stereocenters. The minimum Gasteiger partial charge on any atom is -0.487 e. The van der Waals surface area contributed by atoms with E-state index in [9.17, 15) is 10.1 Å². The van der Waals surface area contributed by atoms with Crippen molar-refractivity contribution >= 4 is 17.4 Å². The lowest BCUT2D eigenvalue weighted by molar-refractivity contribution is -0.400. The van der Waals surface area contributed by atoms with Gasteiger partial charge in [0.2, 0.25) is 6.20 Å². The van der Waals surface area contributed by atoms with Gasteiger partial charge in [-0.25, -0.2) is 0 Å². The minimum atomic E-state index is -0.494. The molecule has 0 saturated heterocycles. The minimum absolute atomic E-state index is 0.494. The van der Waals surface area contributed by atoms with Crippen LogP contribution in [0, 0.1) is 10.1 Å². The number of nitrogens with zero attached hydrogens (tertiary/aromatic N) is 1. The molecule has 1 aromatic heterocycles. The maximum Gasteiger partial charge on any atom is 0.235 e. The van der Waals surface area contributed by atoms with Crippen LogP contribution in [0.5, 0.6) is 5.06 Å². The first-order valence-corrected chi connectivity index (χ1v) is 3.99. The van der Waals surface area contributed by atoms with Gasteiger partial charge in [0, 0.05) is 11.0 Å². The number of nitro groups is 1. The van der Waals surface area contributed by atoms with Crippen LogP contribution in [0.15, 0.2) is 18.3 Å². The molecule has 0 fully saturated rings. The van der Waals surface area contributed by atoms with E-state index in [4.69, 9.17) is 4.74 Å². The molecule has 1 aromatic rings. The number of rotatable bonds is 3. The van der Waals surface area contributed by atoms with Gasteiger partial charge in [-0.3, -0.25) is 10.1 Å². The Morgan fingerprint density at radius 3 is 2.92 bits per heavy atom. The average molecular weight is 185 g/mol. The Balaban J connectivity index is 2.70. The quantitative estimate of drug-likeness (QED) is 0.534. The van der Waals surface area contributed by atoms with Gasteiger partial charge in [-0.1, -0.05) is 11.3 Å². The molecule has 1 heterocycles. The molecule has 0 N–H and O–H groups in total. The first kappa shape index (κ1) is 8.73. The van der Waals surface area contributed by atoms with Gasteiger partial charge < -0.3 is 4.74 Å². The molecule has 64 valence electrons. The molecule has 0 aromatic carbocycles. The van der Waals surface area contributed by atoms with Crippen molar-refractivity contribution in [2.24, 2.45) is 0 Å². The van der Waals surface area contributed by atoms with Gasteiger partial charge in [0.05, 0.1) is 12.0 Å². The number of methoxy groups -OCH3 is 1. The van der Waals surface area contributed by atoms with Crippen LogP contribution in [-0.4, -0.2) is 12.0 Å². The van der Waals surface area contributed by atoms with Gasteiger partial charge >= 0.3 is 0 Å². The van der Waals surface area contributed by atoms with Crippen LogP contribution in [0.3, 0.4) is 0 Å². The maximum atomic E-state index is 9.94. The first-order valence-electron chi connectivity index (χ1n) is 3.18. The van der Waals surface area contributed by atoms with Gasteiger partial charge in [-0.15, -0.1) is 0 Å². The van der Waals surface area contributed by atoms with E-state index < -0.39 is 4.92 Å². The fourth-order valence-electron chi connectivity index (χ4n) is 0.668. The van der Waals surface area contributed by atoms with E-state index in [1.807, 2.05) is 0 Å². The maximum absolute atomic E-state index is 9.94. The van der Waals surface area contributed by atoms with E-state index in [1.54, 1.807) is 19.2 Å². The third kappa shape index (κ3) is 2.35. The van der Waals surface area contributed by atoms with Crippen LogP contribution in [0.4, 0.5) is 0 Å². The Kier molecular flexibility index (Phi) is 2.82. The number of thiophene rings is 1. The average Bonchev–Trinajstić information content (AvgIpc) is 2.48. The standard InChI is InChI=1S/C7H7NO3S/c1-11-7-3-2-6(12-7)4-5-8(9)10/h2-5H,1H3. The molecule has 4 nitrogen and oxygen atoms in total. The van der Waals surface area contributed by atoms with Crippen LogP contribution in [0.2, 0.25) is 0 Å². The Morgan fingerprint density at radius 2 is 2.42 bits per heavy atom. The Bertz CT molecular complexity index is 305. The molecule has 0 aliphatic heterocycles. The molecular weight excluding hydrogens is 178 g/mol. The monoisotopic (exact) mass is 185 g/mol. The summed E-state index contributed by atoms with van der Waals surface area (Å²) in [5.41, 5.74) is 0. The van der Waals surface area contributed by atoms with Crippen molar-refractivity contribution in [3.8, 4) is 5.06 Å². The summed E-state index contributed by atoms with van der Waals surface area (Å²) in [7, 11) is 1.56. The largest absolute Gasteiger partial charge is 0.487 e. The zero-order valence-electron chi connectivity index (χ0n) is 6.39. The molecule has 0 amide bonds. The summed E-state index contributed by atoms with van der Waals surface area (Å²) in [6.07, 6.45) is 2.35. The summed E-state index contributed by atoms with van der Waals surface area (Å²) in [5.74, 6) is 0. The van der Waals surface area contributed by atoms with E-state index in [0.717, 1.165) is 16.1 Å². The van der Waals surface area contributed by atoms with Gasteiger partial charge in [0.25, 0.3) is 0 Å². The first-order chi connectivity index (χ1) is 5.72. The Labute approximate surface area is 73.2 Å². The highest BCUT2D eigenvalue weighted by atomic mass is 32.1. The third-order valence-corrected chi connectivity index (χ3v) is 2.18. The van der Waals surface area contributed by atoms with Crippen molar-refractivity contribution in [1.29, 1.82) is 0 Å². The zero-order valence-corrected chi connectivity index (χ0v) is 7.21. The van der Waals surface area contributed by atoms with Gasteiger partial charge in [0.15, 0.2) is 5.06 Å². The van der Waals surface area contributed by atoms with Crippen molar-refractivity contribution in [3.05, 3.63) is 33.3 Å². The van der Waals surface area contributed by atoms with E-state index in [0.29, 0.717) is 0 Å². The third-order valence-electron chi connectivity index (χ3n) is 1.16. The summed E-state index contributed by atoms with van der Waals surface area (Å²) in [6.45, 7) is 0. The molecular formula is C7H7NO3S. The fraction of sp³-hybridized carbons (Fsp3) is 0.143. The number of hydrogen-bond donors (Lipinski definition) is 0. The fourth-order valence-corrected chi connectivity index (χ4v) is 1.38.